The first-order valence-corrected chi connectivity index (χ1v) is 5.97. The monoisotopic (exact) mass is 194 g/mol. The van der Waals surface area contributed by atoms with Gasteiger partial charge in [-0.15, -0.1) is 0 Å². The summed E-state index contributed by atoms with van der Waals surface area (Å²) in [6.07, 6.45) is 11.1. The molecular formula is C12H22N2. The van der Waals surface area contributed by atoms with E-state index in [4.69, 9.17) is 5.73 Å². The van der Waals surface area contributed by atoms with Gasteiger partial charge in [-0.2, -0.15) is 0 Å². The molecule has 0 saturated carbocycles. The largest absolute Gasteiger partial charge is 0.326 e. The minimum atomic E-state index is 0.388. The zero-order valence-corrected chi connectivity index (χ0v) is 9.15. The van der Waals surface area contributed by atoms with Crippen molar-refractivity contribution in [2.24, 2.45) is 5.73 Å². The van der Waals surface area contributed by atoms with Crippen LogP contribution in [0.1, 0.15) is 39.0 Å². The molecule has 2 nitrogen and oxygen atoms in total. The molecule has 1 heterocycles. The maximum Gasteiger partial charge on any atom is 0.0281 e. The Morgan fingerprint density at radius 1 is 1.29 bits per heavy atom. The Labute approximate surface area is 87.2 Å². The van der Waals surface area contributed by atoms with Crippen LogP contribution in [-0.4, -0.2) is 29.6 Å². The Morgan fingerprint density at radius 3 is 2.86 bits per heavy atom. The number of hydrogen-bond donors (Lipinski definition) is 1. The van der Waals surface area contributed by atoms with Crippen molar-refractivity contribution in [2.75, 3.05) is 6.54 Å². The molecule has 80 valence electrons. The summed E-state index contributed by atoms with van der Waals surface area (Å²) in [5.74, 6) is 0. The van der Waals surface area contributed by atoms with Gasteiger partial charge in [-0.05, 0) is 45.6 Å². The van der Waals surface area contributed by atoms with Crippen molar-refractivity contribution in [1.29, 1.82) is 0 Å². The Kier molecular flexibility index (Phi) is 3.24. The molecule has 0 aromatic heterocycles. The normalized spacial score (nSPS) is 40.0. The van der Waals surface area contributed by atoms with Gasteiger partial charge in [0.15, 0.2) is 0 Å². The van der Waals surface area contributed by atoms with Gasteiger partial charge in [0.1, 0.15) is 0 Å². The van der Waals surface area contributed by atoms with Crippen molar-refractivity contribution in [1.82, 2.24) is 4.90 Å². The highest BCUT2D eigenvalue weighted by Gasteiger charge is 2.29. The maximum absolute atomic E-state index is 6.11. The van der Waals surface area contributed by atoms with Crippen LogP contribution in [-0.2, 0) is 0 Å². The minimum Gasteiger partial charge on any atom is -0.326 e. The molecule has 1 aliphatic carbocycles. The van der Waals surface area contributed by atoms with Crippen LogP contribution in [0.2, 0.25) is 0 Å². The summed E-state index contributed by atoms with van der Waals surface area (Å²) in [6.45, 7) is 3.52. The van der Waals surface area contributed by atoms with Gasteiger partial charge < -0.3 is 5.73 Å². The van der Waals surface area contributed by atoms with E-state index in [0.717, 1.165) is 0 Å². The van der Waals surface area contributed by atoms with Gasteiger partial charge in [0.25, 0.3) is 0 Å². The third kappa shape index (κ3) is 2.01. The second-order valence-corrected chi connectivity index (χ2v) is 4.71. The van der Waals surface area contributed by atoms with Crippen LogP contribution < -0.4 is 5.73 Å². The number of allylic oxidation sites excluding steroid dienone is 1. The summed E-state index contributed by atoms with van der Waals surface area (Å²) in [4.78, 5) is 2.60. The third-order valence-electron chi connectivity index (χ3n) is 3.75. The molecular weight excluding hydrogens is 172 g/mol. The molecule has 2 N–H and O–H groups in total. The van der Waals surface area contributed by atoms with E-state index in [-0.39, 0.29) is 0 Å². The molecule has 1 aliphatic heterocycles. The summed E-state index contributed by atoms with van der Waals surface area (Å²) >= 11 is 0. The molecule has 2 heteroatoms. The van der Waals surface area contributed by atoms with Crippen LogP contribution in [0, 0.1) is 0 Å². The van der Waals surface area contributed by atoms with E-state index in [9.17, 15) is 0 Å². The fourth-order valence-electron chi connectivity index (χ4n) is 2.74. The van der Waals surface area contributed by atoms with E-state index >= 15 is 0 Å². The molecule has 0 aromatic rings. The SMILES string of the molecule is CC1C(N)CCCN1C1C=CCCC1. The predicted octanol–water partition coefficient (Wildman–Crippen LogP) is 1.91. The minimum absolute atomic E-state index is 0.388. The molecule has 0 amide bonds. The number of nitrogens with zero attached hydrogens (tertiary/aromatic N) is 1. The average molecular weight is 194 g/mol. The Hall–Kier alpha value is -0.340. The highest BCUT2D eigenvalue weighted by molar-refractivity contribution is 5.01. The van der Waals surface area contributed by atoms with Crippen LogP contribution in [0.25, 0.3) is 0 Å². The van der Waals surface area contributed by atoms with Gasteiger partial charge in [-0.3, -0.25) is 4.90 Å². The highest BCUT2D eigenvalue weighted by Crippen LogP contribution is 2.24. The van der Waals surface area contributed by atoms with Gasteiger partial charge in [0.2, 0.25) is 0 Å². The molecule has 0 bridgehead atoms. The van der Waals surface area contributed by atoms with E-state index < -0.39 is 0 Å². The second-order valence-electron chi connectivity index (χ2n) is 4.71. The fraction of sp³-hybridized carbons (Fsp3) is 0.833. The van der Waals surface area contributed by atoms with Gasteiger partial charge in [-0.1, -0.05) is 12.2 Å². The smallest absolute Gasteiger partial charge is 0.0281 e. The van der Waals surface area contributed by atoms with Gasteiger partial charge in [0, 0.05) is 18.1 Å². The average Bonchev–Trinajstić information content (AvgIpc) is 2.23. The maximum atomic E-state index is 6.11. The molecule has 2 rings (SSSR count). The van der Waals surface area contributed by atoms with Crippen molar-refractivity contribution in [3.05, 3.63) is 12.2 Å². The molecule has 1 saturated heterocycles. The summed E-state index contributed by atoms with van der Waals surface area (Å²) < 4.78 is 0. The van der Waals surface area contributed by atoms with Crippen molar-refractivity contribution < 1.29 is 0 Å². The first-order chi connectivity index (χ1) is 6.79. The standard InChI is InChI=1S/C12H22N2/c1-10-12(13)8-5-9-14(10)11-6-3-2-4-7-11/h3,6,10-12H,2,4-5,7-9,13H2,1H3. The topological polar surface area (TPSA) is 29.3 Å². The quantitative estimate of drug-likeness (QED) is 0.646. The van der Waals surface area contributed by atoms with Crippen LogP contribution >= 0.6 is 0 Å². The predicted molar refractivity (Wildman–Crippen MR) is 60.2 cm³/mol. The lowest BCUT2D eigenvalue weighted by atomic mass is 9.93. The third-order valence-corrected chi connectivity index (χ3v) is 3.75. The molecule has 0 aromatic carbocycles. The highest BCUT2D eigenvalue weighted by atomic mass is 15.2. The second kappa shape index (κ2) is 4.45. The lowest BCUT2D eigenvalue weighted by Crippen LogP contribution is -2.54. The van der Waals surface area contributed by atoms with Crippen LogP contribution in [0.15, 0.2) is 12.2 Å². The number of likely N-dealkylation sites (tertiary alicyclic amines) is 1. The van der Waals surface area contributed by atoms with Crippen LogP contribution in [0.3, 0.4) is 0 Å². The van der Waals surface area contributed by atoms with E-state index in [1.807, 2.05) is 0 Å². The number of rotatable bonds is 1. The first kappa shape index (κ1) is 10.2. The molecule has 3 atom stereocenters. The van der Waals surface area contributed by atoms with Crippen LogP contribution in [0.4, 0.5) is 0 Å². The number of piperidine rings is 1. The van der Waals surface area contributed by atoms with Crippen LogP contribution in [0.5, 0.6) is 0 Å². The van der Waals surface area contributed by atoms with Crippen molar-refractivity contribution in [3.8, 4) is 0 Å². The summed E-state index contributed by atoms with van der Waals surface area (Å²) in [5, 5.41) is 0. The lowest BCUT2D eigenvalue weighted by molar-refractivity contribution is 0.104. The summed E-state index contributed by atoms with van der Waals surface area (Å²) in [6, 6.07) is 1.63. The number of hydrogen-bond acceptors (Lipinski definition) is 2. The summed E-state index contributed by atoms with van der Waals surface area (Å²) in [7, 11) is 0. The zero-order chi connectivity index (χ0) is 9.97. The molecule has 3 unspecified atom stereocenters. The van der Waals surface area contributed by atoms with Gasteiger partial charge in [0.05, 0.1) is 0 Å². The van der Waals surface area contributed by atoms with Crippen molar-refractivity contribution in [2.45, 2.75) is 57.2 Å². The van der Waals surface area contributed by atoms with Crippen molar-refractivity contribution >= 4 is 0 Å². The van der Waals surface area contributed by atoms with E-state index in [0.29, 0.717) is 18.1 Å². The van der Waals surface area contributed by atoms with Gasteiger partial charge in [-0.25, -0.2) is 0 Å². The molecule has 1 fully saturated rings. The first-order valence-electron chi connectivity index (χ1n) is 5.97. The van der Waals surface area contributed by atoms with E-state index in [1.165, 1.54) is 38.6 Å². The van der Waals surface area contributed by atoms with E-state index in [2.05, 4.69) is 24.0 Å². The Morgan fingerprint density at radius 2 is 2.14 bits per heavy atom. The molecule has 14 heavy (non-hydrogen) atoms. The van der Waals surface area contributed by atoms with E-state index in [1.54, 1.807) is 0 Å². The number of nitrogens with two attached hydrogens (primary N) is 1. The molecule has 0 radical (unpaired) electrons. The lowest BCUT2D eigenvalue weighted by Gasteiger charge is -2.42. The fourth-order valence-corrected chi connectivity index (χ4v) is 2.74. The molecule has 0 spiro atoms. The Balaban J connectivity index is 2.00. The van der Waals surface area contributed by atoms with Gasteiger partial charge >= 0.3 is 0 Å². The zero-order valence-electron chi connectivity index (χ0n) is 9.15. The van der Waals surface area contributed by atoms with Crippen molar-refractivity contribution in [3.63, 3.8) is 0 Å². The Bertz CT molecular complexity index is 212. The summed E-state index contributed by atoms with van der Waals surface area (Å²) in [5.41, 5.74) is 6.11. The molecule has 2 aliphatic rings.